The number of benzene rings is 2. The van der Waals surface area contributed by atoms with Crippen molar-refractivity contribution in [1.82, 2.24) is 9.78 Å². The number of aromatic nitrogens is 2. The number of nitrogens with one attached hydrogen (secondary N) is 1. The van der Waals surface area contributed by atoms with Gasteiger partial charge in [-0.05, 0) is 43.2 Å². The highest BCUT2D eigenvalue weighted by Gasteiger charge is 2.33. The zero-order chi connectivity index (χ0) is 21.4. The van der Waals surface area contributed by atoms with Crippen LogP contribution in [0.5, 0.6) is 17.2 Å². The fourth-order valence-corrected chi connectivity index (χ4v) is 4.16. The molecule has 0 bridgehead atoms. The molecule has 2 heterocycles. The first-order valence-electron chi connectivity index (χ1n) is 9.72. The molecule has 30 heavy (non-hydrogen) atoms. The van der Waals surface area contributed by atoms with Crippen molar-refractivity contribution >= 4 is 11.7 Å². The van der Waals surface area contributed by atoms with Gasteiger partial charge in [-0.15, -0.1) is 0 Å². The molecule has 0 aliphatic carbocycles. The van der Waals surface area contributed by atoms with Gasteiger partial charge in [0.15, 0.2) is 11.5 Å². The average Bonchev–Trinajstić information content (AvgIpc) is 3.14. The molecule has 3 aromatic rings. The van der Waals surface area contributed by atoms with Crippen LogP contribution in [0.4, 0.5) is 5.82 Å². The Labute approximate surface area is 175 Å². The van der Waals surface area contributed by atoms with E-state index in [0.29, 0.717) is 23.1 Å². The van der Waals surface area contributed by atoms with E-state index < -0.39 is 0 Å². The Hall–Kier alpha value is -3.48. The van der Waals surface area contributed by atoms with Crippen LogP contribution in [0.1, 0.15) is 34.6 Å². The van der Waals surface area contributed by atoms with Gasteiger partial charge < -0.3 is 19.5 Å². The van der Waals surface area contributed by atoms with E-state index in [4.69, 9.17) is 14.2 Å². The van der Waals surface area contributed by atoms with Crippen molar-refractivity contribution in [2.45, 2.75) is 26.2 Å². The van der Waals surface area contributed by atoms with Gasteiger partial charge >= 0.3 is 0 Å². The first kappa shape index (κ1) is 19.8. The summed E-state index contributed by atoms with van der Waals surface area (Å²) < 4.78 is 18.4. The molecule has 7 nitrogen and oxygen atoms in total. The van der Waals surface area contributed by atoms with E-state index in [0.717, 1.165) is 27.9 Å². The fourth-order valence-electron chi connectivity index (χ4n) is 4.16. The first-order valence-corrected chi connectivity index (χ1v) is 9.72. The molecule has 0 fully saturated rings. The van der Waals surface area contributed by atoms with Gasteiger partial charge in [-0.25, -0.2) is 4.68 Å². The molecule has 0 saturated carbocycles. The topological polar surface area (TPSA) is 74.6 Å². The minimum atomic E-state index is -0.219. The lowest BCUT2D eigenvalue weighted by molar-refractivity contribution is -0.116. The predicted molar refractivity (Wildman–Crippen MR) is 114 cm³/mol. The van der Waals surface area contributed by atoms with Crippen molar-refractivity contribution in [3.8, 4) is 22.9 Å². The van der Waals surface area contributed by atoms with Crippen LogP contribution >= 0.6 is 0 Å². The molecular formula is C23H25N3O4. The fraction of sp³-hybridized carbons (Fsp3) is 0.304. The lowest BCUT2D eigenvalue weighted by Crippen LogP contribution is -2.25. The quantitative estimate of drug-likeness (QED) is 0.692. The first-order chi connectivity index (χ1) is 14.5. The van der Waals surface area contributed by atoms with Crippen LogP contribution in [0.3, 0.4) is 0 Å². The number of anilines is 1. The summed E-state index contributed by atoms with van der Waals surface area (Å²) in [5.74, 6) is 2.02. The van der Waals surface area contributed by atoms with Crippen LogP contribution in [0.15, 0.2) is 36.5 Å². The standard InChI is InChI=1S/C23H25N3O4/c1-13-8-14(2)10-15(9-13)26-23-18(12-24-26)17(11-20(27)25-23)16-6-7-19(28-3)22(30-5)21(16)29-4/h6-10,12,17H,11H2,1-5H3,(H,25,27). The third-order valence-corrected chi connectivity index (χ3v) is 5.38. The molecule has 1 N–H and O–H groups in total. The molecule has 1 aliphatic heterocycles. The molecule has 0 radical (unpaired) electrons. The normalized spacial score (nSPS) is 15.4. The van der Waals surface area contributed by atoms with E-state index in [1.54, 1.807) is 26.0 Å². The maximum absolute atomic E-state index is 12.7. The lowest BCUT2D eigenvalue weighted by Gasteiger charge is -2.26. The minimum absolute atomic E-state index is 0.0736. The van der Waals surface area contributed by atoms with Crippen molar-refractivity contribution in [2.75, 3.05) is 26.6 Å². The van der Waals surface area contributed by atoms with E-state index in [9.17, 15) is 4.79 Å². The third kappa shape index (κ3) is 3.26. The van der Waals surface area contributed by atoms with Crippen molar-refractivity contribution in [3.63, 3.8) is 0 Å². The van der Waals surface area contributed by atoms with Crippen LogP contribution in [0, 0.1) is 13.8 Å². The number of fused-ring (bicyclic) bond motifs is 1. The summed E-state index contributed by atoms with van der Waals surface area (Å²) in [7, 11) is 4.74. The Morgan fingerprint density at radius 3 is 2.30 bits per heavy atom. The molecule has 0 spiro atoms. The van der Waals surface area contributed by atoms with Gasteiger partial charge in [-0.3, -0.25) is 4.79 Å². The summed E-state index contributed by atoms with van der Waals surface area (Å²) in [4.78, 5) is 12.7. The van der Waals surface area contributed by atoms with Crippen molar-refractivity contribution < 1.29 is 19.0 Å². The van der Waals surface area contributed by atoms with Crippen molar-refractivity contribution in [1.29, 1.82) is 0 Å². The van der Waals surface area contributed by atoms with E-state index in [1.165, 1.54) is 0 Å². The highest BCUT2D eigenvalue weighted by atomic mass is 16.5. The molecule has 1 aliphatic rings. The SMILES string of the molecule is COc1ccc(C2CC(=O)Nc3c2cnn3-c2cc(C)cc(C)c2)c(OC)c1OC. The second kappa shape index (κ2) is 7.74. The van der Waals surface area contributed by atoms with Gasteiger partial charge in [0.25, 0.3) is 0 Å². The maximum Gasteiger partial charge on any atom is 0.226 e. The van der Waals surface area contributed by atoms with Gasteiger partial charge in [0, 0.05) is 23.5 Å². The highest BCUT2D eigenvalue weighted by Crippen LogP contribution is 2.47. The van der Waals surface area contributed by atoms with E-state index in [2.05, 4.69) is 16.5 Å². The Morgan fingerprint density at radius 2 is 1.67 bits per heavy atom. The van der Waals surface area contributed by atoms with Gasteiger partial charge in [0.05, 0.1) is 33.2 Å². The third-order valence-electron chi connectivity index (χ3n) is 5.38. The lowest BCUT2D eigenvalue weighted by atomic mass is 9.86. The van der Waals surface area contributed by atoms with E-state index in [1.807, 2.05) is 44.3 Å². The molecule has 1 atom stereocenters. The predicted octanol–water partition coefficient (Wildman–Crippen LogP) is 3.99. The number of carbonyl (C=O) groups is 1. The van der Waals surface area contributed by atoms with Gasteiger partial charge in [-0.1, -0.05) is 12.1 Å². The maximum atomic E-state index is 12.7. The van der Waals surface area contributed by atoms with E-state index >= 15 is 0 Å². The summed E-state index contributed by atoms with van der Waals surface area (Å²) in [5, 5.41) is 7.60. The summed E-state index contributed by atoms with van der Waals surface area (Å²) >= 11 is 0. The smallest absolute Gasteiger partial charge is 0.226 e. The molecule has 7 heteroatoms. The van der Waals surface area contributed by atoms with E-state index in [-0.39, 0.29) is 18.2 Å². The van der Waals surface area contributed by atoms with Crippen LogP contribution in [-0.2, 0) is 4.79 Å². The molecular weight excluding hydrogens is 382 g/mol. The molecule has 4 rings (SSSR count). The monoisotopic (exact) mass is 407 g/mol. The second-order valence-corrected chi connectivity index (χ2v) is 7.43. The molecule has 1 aromatic heterocycles. The van der Waals surface area contributed by atoms with Crippen molar-refractivity contribution in [3.05, 3.63) is 58.8 Å². The zero-order valence-corrected chi connectivity index (χ0v) is 17.8. The van der Waals surface area contributed by atoms with Gasteiger partial charge in [-0.2, -0.15) is 5.10 Å². The van der Waals surface area contributed by atoms with Crippen LogP contribution in [0.25, 0.3) is 5.69 Å². The number of carbonyl (C=O) groups excluding carboxylic acids is 1. The molecule has 156 valence electrons. The number of hydrogen-bond donors (Lipinski definition) is 1. The van der Waals surface area contributed by atoms with Crippen LogP contribution in [0.2, 0.25) is 0 Å². The molecule has 0 saturated heterocycles. The number of hydrogen-bond acceptors (Lipinski definition) is 5. The summed E-state index contributed by atoms with van der Waals surface area (Å²) in [6.07, 6.45) is 2.10. The largest absolute Gasteiger partial charge is 0.493 e. The number of amides is 1. The van der Waals surface area contributed by atoms with Gasteiger partial charge in [0.2, 0.25) is 11.7 Å². The second-order valence-electron chi connectivity index (χ2n) is 7.43. The van der Waals surface area contributed by atoms with Crippen molar-refractivity contribution in [2.24, 2.45) is 0 Å². The Bertz CT molecular complexity index is 1100. The number of nitrogens with zero attached hydrogens (tertiary/aromatic N) is 2. The zero-order valence-electron chi connectivity index (χ0n) is 17.8. The highest BCUT2D eigenvalue weighted by molar-refractivity contribution is 5.95. The Kier molecular flexibility index (Phi) is 5.11. The van der Waals surface area contributed by atoms with Crippen LogP contribution < -0.4 is 19.5 Å². The number of ether oxygens (including phenoxy) is 3. The molecule has 1 unspecified atom stereocenters. The summed E-state index contributed by atoms with van der Waals surface area (Å²) in [6, 6.07) is 9.95. The molecule has 2 aromatic carbocycles. The summed E-state index contributed by atoms with van der Waals surface area (Å²) in [5.41, 5.74) is 4.96. The number of aryl methyl sites for hydroxylation is 2. The average molecular weight is 407 g/mol. The number of methoxy groups -OCH3 is 3. The minimum Gasteiger partial charge on any atom is -0.493 e. The Balaban J connectivity index is 1.87. The Morgan fingerprint density at radius 1 is 0.967 bits per heavy atom. The molecule has 1 amide bonds. The number of rotatable bonds is 5. The van der Waals surface area contributed by atoms with Crippen LogP contribution in [-0.4, -0.2) is 37.0 Å². The van der Waals surface area contributed by atoms with Gasteiger partial charge in [0.1, 0.15) is 5.82 Å². The summed E-state index contributed by atoms with van der Waals surface area (Å²) in [6.45, 7) is 4.09.